The van der Waals surface area contributed by atoms with Crippen LogP contribution < -0.4 is 14.5 Å². The van der Waals surface area contributed by atoms with Crippen molar-refractivity contribution < 1.29 is 19.0 Å². The Kier molecular flexibility index (Phi) is 7.43. The predicted molar refractivity (Wildman–Crippen MR) is 131 cm³/mol. The molecular weight excluding hydrogens is 462 g/mol. The van der Waals surface area contributed by atoms with E-state index in [4.69, 9.17) is 14.2 Å². The van der Waals surface area contributed by atoms with Gasteiger partial charge in [-0.1, -0.05) is 54.2 Å². The van der Waals surface area contributed by atoms with Crippen LogP contribution in [0.3, 0.4) is 0 Å². The van der Waals surface area contributed by atoms with E-state index in [-0.39, 0.29) is 17.7 Å². The third-order valence-corrected chi connectivity index (χ3v) is 6.10. The zero-order valence-electron chi connectivity index (χ0n) is 19.5. The van der Waals surface area contributed by atoms with Crippen LogP contribution in [0.25, 0.3) is 22.4 Å². The van der Waals surface area contributed by atoms with Crippen LogP contribution in [-0.2, 0) is 0 Å². The van der Waals surface area contributed by atoms with Crippen molar-refractivity contribution in [3.05, 3.63) is 72.4 Å². The lowest BCUT2D eigenvalue weighted by Crippen LogP contribution is -2.36. The molecule has 35 heavy (non-hydrogen) atoms. The van der Waals surface area contributed by atoms with Gasteiger partial charge >= 0.3 is 5.88 Å². The van der Waals surface area contributed by atoms with Crippen molar-refractivity contribution in [3.63, 3.8) is 0 Å². The number of benzene rings is 2. The van der Waals surface area contributed by atoms with E-state index in [2.05, 4.69) is 16.3 Å². The Labute approximate surface area is 207 Å². The van der Waals surface area contributed by atoms with Gasteiger partial charge in [-0.3, -0.25) is 4.52 Å². The molecule has 8 nitrogen and oxygen atoms in total. The predicted octanol–water partition coefficient (Wildman–Crippen LogP) is 4.33. The zero-order valence-corrected chi connectivity index (χ0v) is 20.3. The molecule has 0 atom stereocenters. The van der Waals surface area contributed by atoms with Gasteiger partial charge in [-0.25, -0.2) is 9.98 Å². The summed E-state index contributed by atoms with van der Waals surface area (Å²) in [6.45, 7) is 3.89. The first-order valence-electron chi connectivity index (χ1n) is 10.9. The molecule has 0 aliphatic carbocycles. The summed E-state index contributed by atoms with van der Waals surface area (Å²) in [6, 6.07) is 21.4. The topological polar surface area (TPSA) is 111 Å². The molecule has 176 valence electrons. The molecule has 2 aromatic carbocycles. The molecule has 0 bridgehead atoms. The summed E-state index contributed by atoms with van der Waals surface area (Å²) in [4.78, 5) is 8.70. The molecule has 0 N–H and O–H groups in total. The van der Waals surface area contributed by atoms with Crippen LogP contribution in [0.15, 0.2) is 81.4 Å². The molecular formula is C26H23N5O3S. The number of thioether (sulfide) groups is 1. The molecule has 0 saturated heterocycles. The summed E-state index contributed by atoms with van der Waals surface area (Å²) in [6.07, 6.45) is 1.57. The molecule has 9 heteroatoms. The Bertz CT molecular complexity index is 1380. The minimum absolute atomic E-state index is 0.00957. The maximum absolute atomic E-state index is 12.5. The smallest absolute Gasteiger partial charge is 0.320 e. The summed E-state index contributed by atoms with van der Waals surface area (Å²) in [5, 5.41) is 26.8. The van der Waals surface area contributed by atoms with Gasteiger partial charge in [-0.15, -0.1) is 0 Å². The third-order valence-electron chi connectivity index (χ3n) is 5.14. The SMILES string of the molecule is COc1ccc(-c2cc(-c3ccccc3)nc(SC/C([O-])=N\c3c[n+](C(C)C)no3)c2C#N)cc1. The maximum Gasteiger partial charge on any atom is 0.320 e. The van der Waals surface area contributed by atoms with Crippen molar-refractivity contribution in [2.24, 2.45) is 4.99 Å². The van der Waals surface area contributed by atoms with Gasteiger partial charge in [0.1, 0.15) is 16.8 Å². The molecule has 0 unspecified atom stereocenters. The largest absolute Gasteiger partial charge is 0.861 e. The molecule has 0 amide bonds. The van der Waals surface area contributed by atoms with Gasteiger partial charge in [-0.05, 0) is 48.2 Å². The van der Waals surface area contributed by atoms with Crippen molar-refractivity contribution in [1.29, 1.82) is 5.26 Å². The molecule has 0 aliphatic heterocycles. The average molecular weight is 486 g/mol. The maximum atomic E-state index is 12.5. The number of pyridine rings is 1. The fraction of sp³-hybridized carbons (Fsp3) is 0.192. The summed E-state index contributed by atoms with van der Waals surface area (Å²) in [7, 11) is 1.60. The van der Waals surface area contributed by atoms with E-state index in [0.29, 0.717) is 16.3 Å². The summed E-state index contributed by atoms with van der Waals surface area (Å²) in [5.74, 6) is 0.431. The first-order chi connectivity index (χ1) is 17.0. The second-order valence-corrected chi connectivity index (χ2v) is 8.81. The van der Waals surface area contributed by atoms with Crippen LogP contribution >= 0.6 is 11.8 Å². The second-order valence-electron chi connectivity index (χ2n) is 7.85. The highest BCUT2D eigenvalue weighted by molar-refractivity contribution is 7.99. The van der Waals surface area contributed by atoms with Gasteiger partial charge in [0.2, 0.25) is 5.27 Å². The molecule has 2 aromatic heterocycles. The van der Waals surface area contributed by atoms with E-state index >= 15 is 0 Å². The minimum atomic E-state index is -0.413. The van der Waals surface area contributed by atoms with Crippen molar-refractivity contribution >= 4 is 23.5 Å². The second kappa shape index (κ2) is 10.8. The van der Waals surface area contributed by atoms with E-state index in [9.17, 15) is 10.4 Å². The van der Waals surface area contributed by atoms with Gasteiger partial charge in [-0.2, -0.15) is 5.26 Å². The fourth-order valence-electron chi connectivity index (χ4n) is 3.32. The van der Waals surface area contributed by atoms with Gasteiger partial charge in [0.05, 0.1) is 18.4 Å². The Morgan fingerprint density at radius 2 is 1.91 bits per heavy atom. The number of ether oxygens (including phenoxy) is 1. The van der Waals surface area contributed by atoms with Gasteiger partial charge in [0.25, 0.3) is 6.20 Å². The quantitative estimate of drug-likeness (QED) is 0.158. The highest BCUT2D eigenvalue weighted by atomic mass is 32.2. The number of aromatic nitrogens is 3. The van der Waals surface area contributed by atoms with E-state index < -0.39 is 5.90 Å². The lowest BCUT2D eigenvalue weighted by atomic mass is 9.99. The van der Waals surface area contributed by atoms with E-state index in [1.807, 2.05) is 74.5 Å². The number of hydrogen-bond acceptors (Lipinski definition) is 8. The van der Waals surface area contributed by atoms with Gasteiger partial charge in [0.15, 0.2) is 6.04 Å². The monoisotopic (exact) mass is 485 g/mol. The Balaban J connectivity index is 1.70. The highest BCUT2D eigenvalue weighted by Crippen LogP contribution is 2.34. The van der Waals surface area contributed by atoms with E-state index in [1.165, 1.54) is 11.8 Å². The summed E-state index contributed by atoms with van der Waals surface area (Å²) >= 11 is 1.17. The van der Waals surface area contributed by atoms with Crippen LogP contribution in [0, 0.1) is 11.3 Å². The highest BCUT2D eigenvalue weighted by Gasteiger charge is 2.17. The number of rotatable bonds is 8. The Morgan fingerprint density at radius 3 is 2.54 bits per heavy atom. The minimum Gasteiger partial charge on any atom is -0.861 e. The fourth-order valence-corrected chi connectivity index (χ4v) is 4.10. The van der Waals surface area contributed by atoms with Crippen LogP contribution in [0.1, 0.15) is 25.5 Å². The van der Waals surface area contributed by atoms with Gasteiger partial charge in [0, 0.05) is 16.9 Å². The molecule has 4 rings (SSSR count). The van der Waals surface area contributed by atoms with Crippen LogP contribution in [0.4, 0.5) is 5.88 Å². The number of hydrogen-bond donors (Lipinski definition) is 0. The number of aliphatic imine (C=N–C) groups is 1. The standard InChI is InChI=1S/C26H23N5O3S/c1-17(2)31-15-25(34-30-31)29-24(32)16-35-26-22(14-27)21(18-9-11-20(33-3)12-10-18)13-23(28-26)19-7-5-4-6-8-19/h4-13,15,17H,16H2,1-3H3. The van der Waals surface area contributed by atoms with Crippen molar-refractivity contribution in [3.8, 4) is 34.2 Å². The molecule has 0 aliphatic rings. The van der Waals surface area contributed by atoms with Crippen LogP contribution in [-0.4, -0.2) is 29.0 Å². The van der Waals surface area contributed by atoms with Crippen LogP contribution in [0.5, 0.6) is 5.75 Å². The lowest BCUT2D eigenvalue weighted by Gasteiger charge is -2.14. The number of methoxy groups -OCH3 is 1. The zero-order chi connectivity index (χ0) is 24.8. The number of nitrogens with zero attached hydrogens (tertiary/aromatic N) is 5. The van der Waals surface area contributed by atoms with Crippen molar-refractivity contribution in [2.45, 2.75) is 24.9 Å². The average Bonchev–Trinajstić information content (AvgIpc) is 3.36. The van der Waals surface area contributed by atoms with Crippen molar-refractivity contribution in [1.82, 2.24) is 10.3 Å². The van der Waals surface area contributed by atoms with E-state index in [0.717, 1.165) is 22.4 Å². The first kappa shape index (κ1) is 24.0. The molecule has 2 heterocycles. The third kappa shape index (κ3) is 5.67. The summed E-state index contributed by atoms with van der Waals surface area (Å²) < 4.78 is 12.0. The molecule has 0 fully saturated rings. The molecule has 0 spiro atoms. The van der Waals surface area contributed by atoms with E-state index in [1.54, 1.807) is 18.0 Å². The first-order valence-corrected chi connectivity index (χ1v) is 11.9. The molecule has 4 aromatic rings. The summed E-state index contributed by atoms with van der Waals surface area (Å²) in [5.41, 5.74) is 3.58. The Morgan fingerprint density at radius 1 is 1.17 bits per heavy atom. The van der Waals surface area contributed by atoms with Gasteiger partial charge < -0.3 is 9.84 Å². The molecule has 0 saturated carbocycles. The lowest BCUT2D eigenvalue weighted by molar-refractivity contribution is -0.779. The Hall–Kier alpha value is -4.16. The number of nitriles is 1. The normalized spacial score (nSPS) is 11.5. The van der Waals surface area contributed by atoms with Crippen molar-refractivity contribution in [2.75, 3.05) is 12.9 Å². The van der Waals surface area contributed by atoms with Crippen LogP contribution in [0.2, 0.25) is 0 Å². The molecule has 0 radical (unpaired) electrons.